The van der Waals surface area contributed by atoms with E-state index in [1.54, 1.807) is 11.8 Å². The minimum atomic E-state index is -0.365. The number of pyridine rings is 1. The number of hydrogen-bond donors (Lipinski definition) is 1. The standard InChI is InChI=1S/C12H15ClN2O2/c1-7-4-3-5-15(7)12(17)9-6-10(13)8(2)14-11(9)16/h6-7H,3-5H2,1-2H3,(H,14,16)/t7-/m0/s1. The van der Waals surface area contributed by atoms with Crippen molar-refractivity contribution >= 4 is 17.5 Å². The second kappa shape index (κ2) is 4.53. The predicted octanol–water partition coefficient (Wildman–Crippen LogP) is 1.96. The molecular formula is C12H15ClN2O2. The highest BCUT2D eigenvalue weighted by molar-refractivity contribution is 6.31. The number of rotatable bonds is 1. The van der Waals surface area contributed by atoms with Crippen molar-refractivity contribution in [1.29, 1.82) is 0 Å². The minimum Gasteiger partial charge on any atom is -0.336 e. The summed E-state index contributed by atoms with van der Waals surface area (Å²) in [5, 5.41) is 0.416. The molecular weight excluding hydrogens is 240 g/mol. The lowest BCUT2D eigenvalue weighted by molar-refractivity contribution is 0.0745. The molecule has 0 saturated carbocycles. The van der Waals surface area contributed by atoms with Crippen molar-refractivity contribution in [3.63, 3.8) is 0 Å². The lowest BCUT2D eigenvalue weighted by atomic mass is 10.2. The molecule has 1 aromatic heterocycles. The van der Waals surface area contributed by atoms with Crippen molar-refractivity contribution in [2.75, 3.05) is 6.54 Å². The predicted molar refractivity (Wildman–Crippen MR) is 66.5 cm³/mol. The Hall–Kier alpha value is -1.29. The zero-order valence-electron chi connectivity index (χ0n) is 9.92. The van der Waals surface area contributed by atoms with Crippen LogP contribution in [0.3, 0.4) is 0 Å². The number of halogens is 1. The number of nitrogens with zero attached hydrogens (tertiary/aromatic N) is 1. The number of amides is 1. The van der Waals surface area contributed by atoms with Crippen LogP contribution in [0.5, 0.6) is 0 Å². The Balaban J connectivity index is 2.37. The Labute approximate surface area is 105 Å². The van der Waals surface area contributed by atoms with Crippen LogP contribution < -0.4 is 5.56 Å². The van der Waals surface area contributed by atoms with Crippen LogP contribution in [0.4, 0.5) is 0 Å². The van der Waals surface area contributed by atoms with E-state index in [-0.39, 0.29) is 23.1 Å². The third kappa shape index (κ3) is 2.22. The number of carbonyl (C=O) groups excluding carboxylic acids is 1. The van der Waals surface area contributed by atoms with E-state index in [0.717, 1.165) is 12.8 Å². The maximum absolute atomic E-state index is 12.2. The van der Waals surface area contributed by atoms with Crippen molar-refractivity contribution in [2.45, 2.75) is 32.7 Å². The van der Waals surface area contributed by atoms with Gasteiger partial charge in [-0.1, -0.05) is 11.6 Å². The van der Waals surface area contributed by atoms with Gasteiger partial charge in [0.1, 0.15) is 5.56 Å². The third-order valence-electron chi connectivity index (χ3n) is 3.22. The van der Waals surface area contributed by atoms with Crippen LogP contribution in [0, 0.1) is 6.92 Å². The second-order valence-corrected chi connectivity index (χ2v) is 4.88. The fourth-order valence-electron chi connectivity index (χ4n) is 2.15. The number of aryl methyl sites for hydroxylation is 1. The van der Waals surface area contributed by atoms with Crippen LogP contribution in [0.25, 0.3) is 0 Å². The Kier molecular flexibility index (Phi) is 3.24. The summed E-state index contributed by atoms with van der Waals surface area (Å²) in [6.07, 6.45) is 1.98. The molecule has 1 aromatic rings. The van der Waals surface area contributed by atoms with Gasteiger partial charge in [0.2, 0.25) is 0 Å². The van der Waals surface area contributed by atoms with Gasteiger partial charge in [-0.05, 0) is 32.8 Å². The van der Waals surface area contributed by atoms with Crippen molar-refractivity contribution in [1.82, 2.24) is 9.88 Å². The normalized spacial score (nSPS) is 19.7. The van der Waals surface area contributed by atoms with E-state index in [0.29, 0.717) is 17.3 Å². The molecule has 0 unspecified atom stereocenters. The zero-order valence-corrected chi connectivity index (χ0v) is 10.7. The summed E-state index contributed by atoms with van der Waals surface area (Å²) in [5.41, 5.74) is 0.355. The van der Waals surface area contributed by atoms with Gasteiger partial charge in [0, 0.05) is 18.3 Å². The van der Waals surface area contributed by atoms with E-state index >= 15 is 0 Å². The maximum atomic E-state index is 12.2. The number of likely N-dealkylation sites (tertiary alicyclic amines) is 1. The van der Waals surface area contributed by atoms with Crippen molar-refractivity contribution < 1.29 is 4.79 Å². The summed E-state index contributed by atoms with van der Waals surface area (Å²) in [5.74, 6) is -0.224. The molecule has 4 nitrogen and oxygen atoms in total. The number of hydrogen-bond acceptors (Lipinski definition) is 2. The minimum absolute atomic E-state index is 0.134. The van der Waals surface area contributed by atoms with Crippen molar-refractivity contribution in [3.05, 3.63) is 32.7 Å². The molecule has 0 aromatic carbocycles. The van der Waals surface area contributed by atoms with Crippen LogP contribution in [0.15, 0.2) is 10.9 Å². The number of aromatic amines is 1. The number of carbonyl (C=O) groups is 1. The van der Waals surface area contributed by atoms with Crippen LogP contribution >= 0.6 is 11.6 Å². The van der Waals surface area contributed by atoms with Crippen LogP contribution in [0.2, 0.25) is 5.02 Å². The molecule has 2 heterocycles. The highest BCUT2D eigenvalue weighted by Crippen LogP contribution is 2.20. The topological polar surface area (TPSA) is 53.2 Å². The zero-order chi connectivity index (χ0) is 12.6. The number of H-pyrrole nitrogens is 1. The van der Waals surface area contributed by atoms with E-state index < -0.39 is 0 Å². The highest BCUT2D eigenvalue weighted by atomic mass is 35.5. The van der Waals surface area contributed by atoms with Crippen molar-refractivity contribution in [3.8, 4) is 0 Å². The average Bonchev–Trinajstić information content (AvgIpc) is 2.69. The average molecular weight is 255 g/mol. The third-order valence-corrected chi connectivity index (χ3v) is 3.61. The first-order valence-electron chi connectivity index (χ1n) is 5.71. The van der Waals surface area contributed by atoms with Gasteiger partial charge in [-0.2, -0.15) is 0 Å². The molecule has 17 heavy (non-hydrogen) atoms. The summed E-state index contributed by atoms with van der Waals surface area (Å²) in [4.78, 5) is 28.2. The van der Waals surface area contributed by atoms with Gasteiger partial charge in [0.05, 0.1) is 5.02 Å². The molecule has 0 bridgehead atoms. The first-order valence-corrected chi connectivity index (χ1v) is 6.09. The summed E-state index contributed by atoms with van der Waals surface area (Å²) >= 11 is 5.93. The Morgan fingerprint density at radius 1 is 1.59 bits per heavy atom. The molecule has 1 fully saturated rings. The van der Waals surface area contributed by atoms with Crippen LogP contribution in [-0.2, 0) is 0 Å². The molecule has 0 radical (unpaired) electrons. The highest BCUT2D eigenvalue weighted by Gasteiger charge is 2.27. The molecule has 1 aliphatic heterocycles. The SMILES string of the molecule is Cc1[nH]c(=O)c(C(=O)N2CCC[C@@H]2C)cc1Cl. The largest absolute Gasteiger partial charge is 0.336 e. The maximum Gasteiger partial charge on any atom is 0.261 e. The smallest absolute Gasteiger partial charge is 0.261 e. The summed E-state index contributed by atoms with van der Waals surface area (Å²) in [7, 11) is 0. The molecule has 92 valence electrons. The van der Waals surface area contributed by atoms with E-state index in [4.69, 9.17) is 11.6 Å². The van der Waals surface area contributed by atoms with Gasteiger partial charge >= 0.3 is 0 Å². The Morgan fingerprint density at radius 2 is 2.29 bits per heavy atom. The first kappa shape index (κ1) is 12.2. The fraction of sp³-hybridized carbons (Fsp3) is 0.500. The molecule has 0 spiro atoms. The fourth-order valence-corrected chi connectivity index (χ4v) is 2.30. The van der Waals surface area contributed by atoms with Crippen LogP contribution in [-0.4, -0.2) is 28.4 Å². The van der Waals surface area contributed by atoms with Gasteiger partial charge in [-0.3, -0.25) is 9.59 Å². The van der Waals surface area contributed by atoms with Gasteiger partial charge in [0.25, 0.3) is 11.5 Å². The number of aromatic nitrogens is 1. The van der Waals surface area contributed by atoms with E-state index in [1.807, 2.05) is 6.92 Å². The lowest BCUT2D eigenvalue weighted by Crippen LogP contribution is -2.37. The molecule has 1 amide bonds. The molecule has 1 aliphatic rings. The Morgan fingerprint density at radius 3 is 2.88 bits per heavy atom. The van der Waals surface area contributed by atoms with E-state index in [9.17, 15) is 9.59 Å². The van der Waals surface area contributed by atoms with Gasteiger partial charge in [0.15, 0.2) is 0 Å². The van der Waals surface area contributed by atoms with Gasteiger partial charge in [-0.25, -0.2) is 0 Å². The molecule has 2 rings (SSSR count). The number of nitrogens with one attached hydrogen (secondary N) is 1. The molecule has 5 heteroatoms. The van der Waals surface area contributed by atoms with Gasteiger partial charge in [-0.15, -0.1) is 0 Å². The quantitative estimate of drug-likeness (QED) is 0.833. The van der Waals surface area contributed by atoms with Crippen LogP contribution in [0.1, 0.15) is 35.8 Å². The van der Waals surface area contributed by atoms with E-state index in [1.165, 1.54) is 6.07 Å². The lowest BCUT2D eigenvalue weighted by Gasteiger charge is -2.21. The first-order chi connectivity index (χ1) is 8.00. The monoisotopic (exact) mass is 254 g/mol. The molecule has 1 saturated heterocycles. The van der Waals surface area contributed by atoms with Gasteiger partial charge < -0.3 is 9.88 Å². The summed E-state index contributed by atoms with van der Waals surface area (Å²) < 4.78 is 0. The Bertz CT molecular complexity index is 510. The molecule has 1 atom stereocenters. The molecule has 0 aliphatic carbocycles. The van der Waals surface area contributed by atoms with Crippen molar-refractivity contribution in [2.24, 2.45) is 0 Å². The second-order valence-electron chi connectivity index (χ2n) is 4.47. The molecule has 1 N–H and O–H groups in total. The summed E-state index contributed by atoms with van der Waals surface area (Å²) in [6.45, 7) is 4.41. The summed E-state index contributed by atoms with van der Waals surface area (Å²) in [6, 6.07) is 1.66. The van der Waals surface area contributed by atoms with E-state index in [2.05, 4.69) is 4.98 Å².